The van der Waals surface area contributed by atoms with E-state index in [0.717, 1.165) is 193 Å². The van der Waals surface area contributed by atoms with Crippen LogP contribution in [-0.4, -0.2) is 95.9 Å². The third kappa shape index (κ3) is 68.6. The van der Waals surface area contributed by atoms with E-state index < -0.39 is 91.5 Å². The number of hydrogen-bond acceptors (Lipinski definition) is 14. The van der Waals surface area contributed by atoms with Crippen LogP contribution < -0.4 is 0 Å². The van der Waals surface area contributed by atoms with Gasteiger partial charge in [0.25, 0.3) is 0 Å². The summed E-state index contributed by atoms with van der Waals surface area (Å²) in [5.74, 6) is -1.63. The predicted molar refractivity (Wildman–Crippen MR) is 380 cm³/mol. The summed E-state index contributed by atoms with van der Waals surface area (Å²) in [6.45, 7) is 2.27. The number of phosphoric ester groups is 2. The van der Waals surface area contributed by atoms with Crippen molar-refractivity contribution in [3.63, 3.8) is 0 Å². The average Bonchev–Trinajstić information content (AvgIpc) is 3.57. The van der Waals surface area contributed by atoms with Gasteiger partial charge in [0.1, 0.15) is 25.4 Å². The molecule has 0 radical (unpaired) electrons. The van der Waals surface area contributed by atoms with Gasteiger partial charge in [0.05, 0.1) is 26.4 Å². The van der Waals surface area contributed by atoms with Crippen LogP contribution in [0.2, 0.25) is 0 Å². The van der Waals surface area contributed by atoms with Crippen LogP contribution in [0.25, 0.3) is 0 Å². The summed E-state index contributed by atoms with van der Waals surface area (Å²) in [4.78, 5) is 58.5. The average molecular weight is 1340 g/mol. The largest absolute Gasteiger partial charge is 0.472 e. The first-order chi connectivity index (χ1) is 45.2. The number of carbonyl (C=O) groups is 3. The molecular formula is C75H124O16P2. The number of aliphatic hydroxyl groups is 2. The normalized spacial score (nSPS) is 15.0. The number of aliphatic hydroxyl groups excluding tert-OH is 2. The standard InChI is InChI=1S/C75H124O16P2/c1-4-7-10-13-16-19-22-25-28-31-34-37-40-43-46-49-52-55-58-61-73(78)85-64-70(76)65-87-92(81,82)88-66-71(77)67-89-93(83,84)90-69-72(91-75(80)63-60-57-54-51-48-45-42-39-36-33-30-27-24-21-18-15-12-9-6-3)68-86-74(79)62-59-56-53-50-47-44-41-38-35-32-29-26-23-20-17-14-11-8-5-2/h7-12,16-21,25-30,34-39,70-72,76-77H,4-6,13-15,22-24,31-33,40-69H2,1-3H3,(H,81,82)(H,83,84)/b10-7-,11-8-,12-9-,19-16-,20-17-,21-18-,28-25-,29-26-,30-27-,37-34-,38-35-,39-36-. The van der Waals surface area contributed by atoms with E-state index in [4.69, 9.17) is 32.3 Å². The van der Waals surface area contributed by atoms with Gasteiger partial charge in [-0.2, -0.15) is 0 Å². The van der Waals surface area contributed by atoms with Gasteiger partial charge in [0, 0.05) is 19.3 Å². The van der Waals surface area contributed by atoms with Crippen LogP contribution in [0.3, 0.4) is 0 Å². The van der Waals surface area contributed by atoms with E-state index in [0.29, 0.717) is 19.3 Å². The van der Waals surface area contributed by atoms with Crippen molar-refractivity contribution in [2.75, 3.05) is 39.6 Å². The fourth-order valence-electron chi connectivity index (χ4n) is 8.78. The Morgan fingerprint density at radius 3 is 0.849 bits per heavy atom. The number of carbonyl (C=O) groups excluding carboxylic acids is 3. The number of ether oxygens (including phenoxy) is 3. The smallest absolute Gasteiger partial charge is 0.463 e. The fourth-order valence-corrected chi connectivity index (χ4v) is 10.4. The van der Waals surface area contributed by atoms with Crippen LogP contribution in [-0.2, 0) is 55.8 Å². The van der Waals surface area contributed by atoms with Gasteiger partial charge in [-0.3, -0.25) is 32.5 Å². The van der Waals surface area contributed by atoms with Gasteiger partial charge in [-0.15, -0.1) is 0 Å². The summed E-state index contributed by atoms with van der Waals surface area (Å²) in [6.07, 6.45) is 80.2. The lowest BCUT2D eigenvalue weighted by atomic mass is 10.1. The Bertz CT molecular complexity index is 2280. The summed E-state index contributed by atoms with van der Waals surface area (Å²) < 4.78 is 61.0. The Kier molecular flexibility index (Phi) is 64.1. The Morgan fingerprint density at radius 2 is 0.538 bits per heavy atom. The van der Waals surface area contributed by atoms with Gasteiger partial charge in [-0.05, 0) is 135 Å². The molecule has 0 aromatic rings. The van der Waals surface area contributed by atoms with E-state index in [2.05, 4.69) is 167 Å². The highest BCUT2D eigenvalue weighted by Gasteiger charge is 2.29. The van der Waals surface area contributed by atoms with E-state index in [1.54, 1.807) is 0 Å². The van der Waals surface area contributed by atoms with Crippen molar-refractivity contribution in [3.8, 4) is 0 Å². The zero-order valence-electron chi connectivity index (χ0n) is 57.4. The molecule has 0 fully saturated rings. The van der Waals surface area contributed by atoms with Crippen molar-refractivity contribution in [3.05, 3.63) is 146 Å². The van der Waals surface area contributed by atoms with Crippen molar-refractivity contribution < 1.29 is 75.8 Å². The van der Waals surface area contributed by atoms with E-state index in [1.165, 1.54) is 0 Å². The molecule has 0 aliphatic rings. The van der Waals surface area contributed by atoms with Crippen molar-refractivity contribution in [2.45, 2.75) is 270 Å². The molecule has 0 aromatic heterocycles. The van der Waals surface area contributed by atoms with Crippen LogP contribution in [0.1, 0.15) is 252 Å². The second-order valence-electron chi connectivity index (χ2n) is 22.9. The highest BCUT2D eigenvalue weighted by Crippen LogP contribution is 2.45. The van der Waals surface area contributed by atoms with Gasteiger partial charge < -0.3 is 34.2 Å². The lowest BCUT2D eigenvalue weighted by Gasteiger charge is -2.21. The first kappa shape index (κ1) is 88.4. The van der Waals surface area contributed by atoms with E-state index in [1.807, 2.05) is 0 Å². The third-order valence-electron chi connectivity index (χ3n) is 14.0. The van der Waals surface area contributed by atoms with Crippen molar-refractivity contribution >= 4 is 33.6 Å². The number of unbranched alkanes of at least 4 members (excludes halogenated alkanes) is 18. The van der Waals surface area contributed by atoms with Crippen LogP contribution in [0.15, 0.2) is 146 Å². The fraction of sp³-hybridized carbons (Fsp3) is 0.640. The minimum Gasteiger partial charge on any atom is -0.463 e. The Labute approximate surface area is 562 Å². The molecule has 0 aromatic carbocycles. The van der Waals surface area contributed by atoms with Crippen LogP contribution in [0, 0.1) is 0 Å². The molecule has 18 heteroatoms. The topological polar surface area (TPSA) is 231 Å². The van der Waals surface area contributed by atoms with Gasteiger partial charge >= 0.3 is 33.6 Å². The zero-order chi connectivity index (χ0) is 68.1. The maximum Gasteiger partial charge on any atom is 0.472 e. The molecular weight excluding hydrogens is 1220 g/mol. The number of hydrogen-bond donors (Lipinski definition) is 4. The van der Waals surface area contributed by atoms with Gasteiger partial charge in [-0.1, -0.05) is 244 Å². The van der Waals surface area contributed by atoms with Gasteiger partial charge in [-0.25, -0.2) is 9.13 Å². The monoisotopic (exact) mass is 1340 g/mol. The van der Waals surface area contributed by atoms with Crippen LogP contribution in [0.4, 0.5) is 0 Å². The molecule has 0 amide bonds. The van der Waals surface area contributed by atoms with Crippen molar-refractivity contribution in [2.24, 2.45) is 0 Å². The van der Waals surface area contributed by atoms with E-state index in [-0.39, 0.29) is 19.3 Å². The minimum atomic E-state index is -4.94. The molecule has 4 N–H and O–H groups in total. The molecule has 93 heavy (non-hydrogen) atoms. The van der Waals surface area contributed by atoms with Crippen LogP contribution in [0.5, 0.6) is 0 Å². The first-order valence-electron chi connectivity index (χ1n) is 35.1. The molecule has 16 nitrogen and oxygen atoms in total. The summed E-state index contributed by atoms with van der Waals surface area (Å²) >= 11 is 0. The molecule has 0 aliphatic heterocycles. The van der Waals surface area contributed by atoms with E-state index >= 15 is 0 Å². The molecule has 0 aliphatic carbocycles. The number of allylic oxidation sites excluding steroid dienone is 24. The third-order valence-corrected chi connectivity index (χ3v) is 15.9. The molecule has 0 rings (SSSR count). The quantitative estimate of drug-likeness (QED) is 0.0146. The van der Waals surface area contributed by atoms with Crippen molar-refractivity contribution in [1.82, 2.24) is 0 Å². The summed E-state index contributed by atoms with van der Waals surface area (Å²) in [6, 6.07) is 0. The maximum atomic E-state index is 13.0. The lowest BCUT2D eigenvalue weighted by molar-refractivity contribution is -0.161. The minimum absolute atomic E-state index is 0.0794. The number of rotatable bonds is 65. The highest BCUT2D eigenvalue weighted by molar-refractivity contribution is 7.47. The molecule has 530 valence electrons. The summed E-state index contributed by atoms with van der Waals surface area (Å²) in [5.41, 5.74) is 0. The highest BCUT2D eigenvalue weighted by atomic mass is 31.2. The first-order valence-corrected chi connectivity index (χ1v) is 38.1. The summed E-state index contributed by atoms with van der Waals surface area (Å²) in [5, 5.41) is 20.6. The predicted octanol–water partition coefficient (Wildman–Crippen LogP) is 19.8. The van der Waals surface area contributed by atoms with Gasteiger partial charge in [0.15, 0.2) is 6.10 Å². The molecule has 0 bridgehead atoms. The number of esters is 3. The van der Waals surface area contributed by atoms with Crippen LogP contribution >= 0.6 is 15.6 Å². The zero-order valence-corrected chi connectivity index (χ0v) is 59.2. The molecule has 0 saturated heterocycles. The second kappa shape index (κ2) is 67.4. The summed E-state index contributed by atoms with van der Waals surface area (Å²) in [7, 11) is -9.80. The Morgan fingerprint density at radius 1 is 0.301 bits per heavy atom. The molecule has 0 heterocycles. The maximum absolute atomic E-state index is 13.0. The molecule has 5 unspecified atom stereocenters. The number of phosphoric acid groups is 2. The molecule has 0 spiro atoms. The molecule has 0 saturated carbocycles. The van der Waals surface area contributed by atoms with Crippen molar-refractivity contribution in [1.29, 1.82) is 0 Å². The Hall–Kier alpha value is -4.57. The SMILES string of the molecule is CC/C=C\C/C=C\C/C=C\C/C=C\CCCCCCCCC(=O)OCC(O)COP(=O)(O)OCC(O)COP(=O)(O)OCC(COC(=O)CCCCCCCC/C=C\C/C=C\C/C=C\C/C=C\CC)OC(=O)CCCCCCCC/C=C\C/C=C\C/C=C\C/C=C\CC. The van der Waals surface area contributed by atoms with Gasteiger partial charge in [0.2, 0.25) is 0 Å². The lowest BCUT2D eigenvalue weighted by Crippen LogP contribution is -2.30. The van der Waals surface area contributed by atoms with E-state index in [9.17, 15) is 43.5 Å². The molecule has 5 atom stereocenters. The Balaban J connectivity index is 4.77. The second-order valence-corrected chi connectivity index (χ2v) is 25.8.